The van der Waals surface area contributed by atoms with Crippen LogP contribution in [0, 0.1) is 0 Å². The van der Waals surface area contributed by atoms with Crippen LogP contribution in [0.3, 0.4) is 0 Å². The number of thioether (sulfide) groups is 1. The summed E-state index contributed by atoms with van der Waals surface area (Å²) in [5, 5.41) is 6.92. The van der Waals surface area contributed by atoms with Crippen LogP contribution in [0.2, 0.25) is 0 Å². The van der Waals surface area contributed by atoms with Crippen molar-refractivity contribution < 1.29 is 0 Å². The number of benzene rings is 1. The lowest BCUT2D eigenvalue weighted by molar-refractivity contribution is 0.432. The fraction of sp³-hybridized carbons (Fsp3) is 0.588. The fourth-order valence-corrected chi connectivity index (χ4v) is 3.46. The van der Waals surface area contributed by atoms with Crippen LogP contribution in [0.5, 0.6) is 0 Å². The molecule has 2 N–H and O–H groups in total. The quantitative estimate of drug-likeness (QED) is 0.482. The van der Waals surface area contributed by atoms with Crippen LogP contribution in [0.1, 0.15) is 31.2 Å². The van der Waals surface area contributed by atoms with Gasteiger partial charge in [0.15, 0.2) is 5.96 Å². The van der Waals surface area contributed by atoms with Gasteiger partial charge in [0.2, 0.25) is 0 Å². The summed E-state index contributed by atoms with van der Waals surface area (Å²) in [4.78, 5) is 4.33. The predicted octanol–water partition coefficient (Wildman–Crippen LogP) is 3.03. The molecule has 0 amide bonds. The Hall–Kier alpha value is -1.16. The Morgan fingerprint density at radius 1 is 1.19 bits per heavy atom. The van der Waals surface area contributed by atoms with Gasteiger partial charge >= 0.3 is 0 Å². The van der Waals surface area contributed by atoms with E-state index in [1.54, 1.807) is 0 Å². The van der Waals surface area contributed by atoms with Crippen LogP contribution in [-0.2, 0) is 5.41 Å². The van der Waals surface area contributed by atoms with E-state index in [0.717, 1.165) is 24.8 Å². The highest BCUT2D eigenvalue weighted by molar-refractivity contribution is 7.98. The van der Waals surface area contributed by atoms with Crippen LogP contribution in [0.4, 0.5) is 0 Å². The molecule has 0 saturated heterocycles. The Kier molecular flexibility index (Phi) is 6.43. The van der Waals surface area contributed by atoms with Crippen molar-refractivity contribution in [2.45, 2.75) is 31.1 Å². The maximum atomic E-state index is 4.33. The van der Waals surface area contributed by atoms with Crippen LogP contribution >= 0.6 is 11.8 Å². The molecule has 4 heteroatoms. The summed E-state index contributed by atoms with van der Waals surface area (Å²) in [7, 11) is 1.85. The van der Waals surface area contributed by atoms with Crippen molar-refractivity contribution in [3.8, 4) is 0 Å². The summed E-state index contributed by atoms with van der Waals surface area (Å²) < 4.78 is 0. The molecule has 1 fully saturated rings. The molecule has 0 unspecified atom stereocenters. The normalized spacial score (nSPS) is 17.7. The van der Waals surface area contributed by atoms with E-state index in [1.165, 1.54) is 31.2 Å². The minimum atomic E-state index is 0.276. The molecule has 1 aromatic rings. The van der Waals surface area contributed by atoms with E-state index in [1.807, 2.05) is 18.8 Å². The number of guanidine groups is 1. The van der Waals surface area contributed by atoms with Gasteiger partial charge in [-0.2, -0.15) is 11.8 Å². The van der Waals surface area contributed by atoms with Crippen molar-refractivity contribution in [2.24, 2.45) is 4.99 Å². The zero-order valence-corrected chi connectivity index (χ0v) is 14.0. The van der Waals surface area contributed by atoms with Gasteiger partial charge in [0, 0.05) is 31.3 Å². The van der Waals surface area contributed by atoms with Crippen molar-refractivity contribution in [1.29, 1.82) is 0 Å². The van der Waals surface area contributed by atoms with E-state index in [0.29, 0.717) is 0 Å². The van der Waals surface area contributed by atoms with Crippen molar-refractivity contribution in [3.63, 3.8) is 0 Å². The lowest BCUT2D eigenvalue weighted by Gasteiger charge is -2.30. The molecule has 2 rings (SSSR count). The van der Waals surface area contributed by atoms with Gasteiger partial charge in [-0.1, -0.05) is 43.2 Å². The molecule has 0 bridgehead atoms. The Morgan fingerprint density at radius 2 is 1.90 bits per heavy atom. The molecule has 3 nitrogen and oxygen atoms in total. The predicted molar refractivity (Wildman–Crippen MR) is 94.3 cm³/mol. The van der Waals surface area contributed by atoms with E-state index in [4.69, 9.17) is 0 Å². The molecule has 1 saturated carbocycles. The minimum Gasteiger partial charge on any atom is -0.356 e. The molecule has 21 heavy (non-hydrogen) atoms. The third kappa shape index (κ3) is 4.40. The molecule has 0 radical (unpaired) electrons. The Morgan fingerprint density at radius 3 is 2.52 bits per heavy atom. The Bertz CT molecular complexity index is 439. The summed E-state index contributed by atoms with van der Waals surface area (Å²) in [5.41, 5.74) is 1.74. The first-order valence-corrected chi connectivity index (χ1v) is 9.19. The minimum absolute atomic E-state index is 0.276. The molecule has 0 aliphatic heterocycles. The van der Waals surface area contributed by atoms with Gasteiger partial charge < -0.3 is 10.6 Å². The van der Waals surface area contributed by atoms with E-state index in [9.17, 15) is 0 Å². The Labute approximate surface area is 133 Å². The zero-order valence-electron chi connectivity index (χ0n) is 13.2. The standard InChI is InChI=1S/C17H27N3S/c1-18-16(19-12-13-21-2)20-14-17(10-6-7-11-17)15-8-4-3-5-9-15/h3-5,8-9H,6-7,10-14H2,1-2H3,(H2,18,19,20). The van der Waals surface area contributed by atoms with Gasteiger partial charge in [-0.3, -0.25) is 4.99 Å². The van der Waals surface area contributed by atoms with E-state index >= 15 is 0 Å². The highest BCUT2D eigenvalue weighted by atomic mass is 32.2. The second kappa shape index (κ2) is 8.32. The number of hydrogen-bond acceptors (Lipinski definition) is 2. The van der Waals surface area contributed by atoms with Crippen LogP contribution in [0.25, 0.3) is 0 Å². The molecule has 116 valence electrons. The molecule has 1 aliphatic rings. The van der Waals surface area contributed by atoms with Gasteiger partial charge in [-0.05, 0) is 24.7 Å². The van der Waals surface area contributed by atoms with Crippen molar-refractivity contribution in [1.82, 2.24) is 10.6 Å². The van der Waals surface area contributed by atoms with Gasteiger partial charge in [0.1, 0.15) is 0 Å². The summed E-state index contributed by atoms with van der Waals surface area (Å²) in [6, 6.07) is 11.0. The maximum absolute atomic E-state index is 4.33. The molecule has 1 aliphatic carbocycles. The average Bonchev–Trinajstić information content (AvgIpc) is 3.02. The van der Waals surface area contributed by atoms with E-state index < -0.39 is 0 Å². The van der Waals surface area contributed by atoms with E-state index in [-0.39, 0.29) is 5.41 Å². The number of rotatable bonds is 6. The second-order valence-electron chi connectivity index (χ2n) is 5.70. The van der Waals surface area contributed by atoms with Crippen LogP contribution < -0.4 is 10.6 Å². The molecule has 0 spiro atoms. The van der Waals surface area contributed by atoms with Crippen LogP contribution in [-0.4, -0.2) is 38.1 Å². The smallest absolute Gasteiger partial charge is 0.191 e. The van der Waals surface area contributed by atoms with E-state index in [2.05, 4.69) is 52.2 Å². The lowest BCUT2D eigenvalue weighted by atomic mass is 9.79. The molecule has 0 aromatic heterocycles. The molecular formula is C17H27N3S. The van der Waals surface area contributed by atoms with Crippen LogP contribution in [0.15, 0.2) is 35.3 Å². The first kappa shape index (κ1) is 16.2. The van der Waals surface area contributed by atoms with Crippen molar-refractivity contribution >= 4 is 17.7 Å². The molecule has 0 heterocycles. The first-order valence-electron chi connectivity index (χ1n) is 7.80. The third-order valence-corrected chi connectivity index (χ3v) is 4.98. The number of nitrogens with zero attached hydrogens (tertiary/aromatic N) is 1. The molecule has 1 aromatic carbocycles. The number of aliphatic imine (C=N–C) groups is 1. The van der Waals surface area contributed by atoms with Crippen molar-refractivity contribution in [2.75, 3.05) is 32.1 Å². The summed E-state index contributed by atoms with van der Waals surface area (Å²) in [6.45, 7) is 1.93. The highest BCUT2D eigenvalue weighted by Gasteiger charge is 2.35. The maximum Gasteiger partial charge on any atom is 0.191 e. The average molecular weight is 305 g/mol. The zero-order chi connectivity index (χ0) is 15.0. The monoisotopic (exact) mass is 305 g/mol. The third-order valence-electron chi connectivity index (χ3n) is 4.36. The van der Waals surface area contributed by atoms with Gasteiger partial charge in [-0.15, -0.1) is 0 Å². The second-order valence-corrected chi connectivity index (χ2v) is 6.68. The SMILES string of the molecule is CN=C(NCCSC)NCC1(c2ccccc2)CCCC1. The van der Waals surface area contributed by atoms with Gasteiger partial charge in [-0.25, -0.2) is 0 Å². The summed E-state index contributed by atoms with van der Waals surface area (Å²) in [6.07, 6.45) is 7.32. The molecular weight excluding hydrogens is 278 g/mol. The molecule has 0 atom stereocenters. The van der Waals surface area contributed by atoms with Crippen molar-refractivity contribution in [3.05, 3.63) is 35.9 Å². The fourth-order valence-electron chi connectivity index (χ4n) is 3.16. The van der Waals surface area contributed by atoms with Gasteiger partial charge in [0.05, 0.1) is 0 Å². The summed E-state index contributed by atoms with van der Waals surface area (Å²) in [5.74, 6) is 2.02. The van der Waals surface area contributed by atoms with Gasteiger partial charge in [0.25, 0.3) is 0 Å². The highest BCUT2D eigenvalue weighted by Crippen LogP contribution is 2.40. The largest absolute Gasteiger partial charge is 0.356 e. The first-order chi connectivity index (χ1) is 10.3. The number of hydrogen-bond donors (Lipinski definition) is 2. The lowest BCUT2D eigenvalue weighted by Crippen LogP contribution is -2.45. The summed E-state index contributed by atoms with van der Waals surface area (Å²) >= 11 is 1.85. The Balaban J connectivity index is 1.97. The topological polar surface area (TPSA) is 36.4 Å². The number of nitrogens with one attached hydrogen (secondary N) is 2.